The molecule has 1 aliphatic rings. The molecule has 1 aromatic carbocycles. The lowest BCUT2D eigenvalue weighted by atomic mass is 10.1. The number of carbonyl (C=O) groups is 2. The van der Waals surface area contributed by atoms with Crippen molar-refractivity contribution >= 4 is 23.4 Å². The van der Waals surface area contributed by atoms with E-state index in [0.717, 1.165) is 18.4 Å². The number of benzene rings is 1. The van der Waals surface area contributed by atoms with Crippen molar-refractivity contribution in [2.45, 2.75) is 39.2 Å². The molecule has 1 fully saturated rings. The van der Waals surface area contributed by atoms with Crippen molar-refractivity contribution in [2.75, 3.05) is 23.8 Å². The number of hydrogen-bond donors (Lipinski definition) is 4. The fourth-order valence-electron chi connectivity index (χ4n) is 3.46. The van der Waals surface area contributed by atoms with Crippen LogP contribution in [0.1, 0.15) is 48.5 Å². The van der Waals surface area contributed by atoms with Crippen LogP contribution in [-0.2, 0) is 11.4 Å². The lowest BCUT2D eigenvalue weighted by molar-refractivity contribution is 0.0172. The molecule has 0 saturated heterocycles. The summed E-state index contributed by atoms with van der Waals surface area (Å²) in [7, 11) is 0. The zero-order valence-electron chi connectivity index (χ0n) is 17.2. The number of nitrogens with zero attached hydrogens (tertiary/aromatic N) is 1. The fraction of sp³-hybridized carbons (Fsp3) is 0.409. The van der Waals surface area contributed by atoms with E-state index in [0.29, 0.717) is 42.7 Å². The highest BCUT2D eigenvalue weighted by atomic mass is 16.6. The summed E-state index contributed by atoms with van der Waals surface area (Å²) in [6.45, 7) is 3.41. The fourth-order valence-corrected chi connectivity index (χ4v) is 3.46. The van der Waals surface area contributed by atoms with Gasteiger partial charge in [0.15, 0.2) is 0 Å². The minimum atomic E-state index is -0.297. The molecule has 0 spiro atoms. The van der Waals surface area contributed by atoms with Crippen LogP contribution in [0.2, 0.25) is 0 Å². The monoisotopic (exact) mass is 411 g/mol. The molecular weight excluding hydrogens is 382 g/mol. The molecule has 160 valence electrons. The first-order valence-electron chi connectivity index (χ1n) is 10.4. The summed E-state index contributed by atoms with van der Waals surface area (Å²) >= 11 is 0. The first-order chi connectivity index (χ1) is 14.7. The van der Waals surface area contributed by atoms with Gasteiger partial charge in [0.1, 0.15) is 5.82 Å². The first kappa shape index (κ1) is 21.6. The zero-order chi connectivity index (χ0) is 21.2. The molecule has 3 rings (SSSR count). The number of anilines is 2. The highest BCUT2D eigenvalue weighted by Gasteiger charge is 2.16. The third kappa shape index (κ3) is 6.45. The van der Waals surface area contributed by atoms with Crippen LogP contribution in [0.15, 0.2) is 42.6 Å². The van der Waals surface area contributed by atoms with E-state index in [2.05, 4.69) is 26.4 Å². The van der Waals surface area contributed by atoms with Gasteiger partial charge < -0.3 is 10.6 Å². The summed E-state index contributed by atoms with van der Waals surface area (Å²) < 4.78 is 0. The number of pyridine rings is 1. The van der Waals surface area contributed by atoms with E-state index in [9.17, 15) is 9.59 Å². The van der Waals surface area contributed by atoms with Crippen LogP contribution < -0.4 is 21.4 Å². The second-order valence-electron chi connectivity index (χ2n) is 7.33. The van der Waals surface area contributed by atoms with E-state index in [4.69, 9.17) is 4.84 Å². The lowest BCUT2D eigenvalue weighted by Crippen LogP contribution is -2.28. The van der Waals surface area contributed by atoms with Crippen LogP contribution in [0.4, 0.5) is 16.3 Å². The van der Waals surface area contributed by atoms with Crippen LogP contribution in [0.25, 0.3) is 0 Å². The van der Waals surface area contributed by atoms with Crippen LogP contribution in [-0.4, -0.2) is 30.1 Å². The van der Waals surface area contributed by atoms with Gasteiger partial charge in [0, 0.05) is 25.0 Å². The predicted octanol–water partition coefficient (Wildman–Crippen LogP) is 3.69. The number of amides is 3. The largest absolute Gasteiger partial charge is 0.380 e. The molecule has 0 bridgehead atoms. The Hall–Kier alpha value is -3.13. The molecule has 2 aromatic rings. The molecule has 8 heteroatoms. The average molecular weight is 412 g/mol. The molecule has 0 unspecified atom stereocenters. The standard InChI is InChI=1S/C22H29N5O3/c1-2-23-22(29)26-20-13-17(11-12-24-20)14-25-19-10-6-5-9-18(19)21(28)27-30-15-16-7-3-4-8-16/h5-6,9-13,16,25H,2-4,7-8,14-15H2,1H3,(H,27,28)(H2,23,24,26,29). The van der Waals surface area contributed by atoms with Crippen molar-refractivity contribution in [2.24, 2.45) is 5.92 Å². The Morgan fingerprint density at radius 3 is 2.77 bits per heavy atom. The van der Waals surface area contributed by atoms with E-state index >= 15 is 0 Å². The Bertz CT molecular complexity index is 852. The molecule has 1 aliphatic carbocycles. The Balaban J connectivity index is 1.55. The molecule has 3 amide bonds. The predicted molar refractivity (Wildman–Crippen MR) is 116 cm³/mol. The van der Waals surface area contributed by atoms with Gasteiger partial charge in [0.05, 0.1) is 12.2 Å². The van der Waals surface area contributed by atoms with Crippen molar-refractivity contribution in [3.05, 3.63) is 53.7 Å². The number of hydroxylamine groups is 1. The molecule has 1 saturated carbocycles. The molecule has 8 nitrogen and oxygen atoms in total. The highest BCUT2D eigenvalue weighted by molar-refractivity contribution is 5.99. The SMILES string of the molecule is CCNC(=O)Nc1cc(CNc2ccccc2C(=O)NOCC2CCCC2)ccn1. The van der Waals surface area contributed by atoms with Gasteiger partial charge >= 0.3 is 6.03 Å². The molecule has 1 aromatic heterocycles. The molecule has 4 N–H and O–H groups in total. The van der Waals surface area contributed by atoms with E-state index in [-0.39, 0.29) is 11.9 Å². The van der Waals surface area contributed by atoms with E-state index < -0.39 is 0 Å². The third-order valence-electron chi connectivity index (χ3n) is 5.02. The highest BCUT2D eigenvalue weighted by Crippen LogP contribution is 2.24. The molecule has 0 aliphatic heterocycles. The average Bonchev–Trinajstić information content (AvgIpc) is 3.26. The smallest absolute Gasteiger partial charge is 0.320 e. The Morgan fingerprint density at radius 2 is 1.97 bits per heavy atom. The summed E-state index contributed by atoms with van der Waals surface area (Å²) in [5.41, 5.74) is 4.70. The molecular formula is C22H29N5O3. The second-order valence-corrected chi connectivity index (χ2v) is 7.33. The van der Waals surface area contributed by atoms with E-state index in [1.165, 1.54) is 12.8 Å². The third-order valence-corrected chi connectivity index (χ3v) is 5.02. The number of aromatic nitrogens is 1. The van der Waals surface area contributed by atoms with Crippen molar-refractivity contribution < 1.29 is 14.4 Å². The van der Waals surface area contributed by atoms with Crippen LogP contribution >= 0.6 is 0 Å². The van der Waals surface area contributed by atoms with Crippen LogP contribution in [0.5, 0.6) is 0 Å². The van der Waals surface area contributed by atoms with E-state index in [1.54, 1.807) is 18.3 Å². The number of nitrogens with one attached hydrogen (secondary N) is 4. The van der Waals surface area contributed by atoms with Gasteiger partial charge in [-0.05, 0) is 55.5 Å². The maximum absolute atomic E-state index is 12.5. The molecule has 0 radical (unpaired) electrons. The molecule has 30 heavy (non-hydrogen) atoms. The Morgan fingerprint density at radius 1 is 1.17 bits per heavy atom. The molecule has 0 atom stereocenters. The van der Waals surface area contributed by atoms with Crippen LogP contribution in [0.3, 0.4) is 0 Å². The summed E-state index contributed by atoms with van der Waals surface area (Å²) in [5, 5.41) is 8.63. The van der Waals surface area contributed by atoms with Crippen molar-refractivity contribution in [3.63, 3.8) is 0 Å². The van der Waals surface area contributed by atoms with Crippen LogP contribution in [0, 0.1) is 5.92 Å². The summed E-state index contributed by atoms with van der Waals surface area (Å²) in [6.07, 6.45) is 6.44. The number of rotatable bonds is 9. The summed E-state index contributed by atoms with van der Waals surface area (Å²) in [6, 6.07) is 10.6. The van der Waals surface area contributed by atoms with E-state index in [1.807, 2.05) is 31.2 Å². The Kier molecular flexibility index (Phi) is 8.02. The van der Waals surface area contributed by atoms with Gasteiger partial charge in [-0.15, -0.1) is 0 Å². The van der Waals surface area contributed by atoms with Gasteiger partial charge in [-0.3, -0.25) is 14.9 Å². The van der Waals surface area contributed by atoms with Gasteiger partial charge in [0.25, 0.3) is 5.91 Å². The van der Waals surface area contributed by atoms with Gasteiger partial charge in [-0.25, -0.2) is 15.3 Å². The number of urea groups is 1. The molecule has 1 heterocycles. The topological polar surface area (TPSA) is 104 Å². The maximum Gasteiger partial charge on any atom is 0.320 e. The van der Waals surface area contributed by atoms with Crippen molar-refractivity contribution in [1.82, 2.24) is 15.8 Å². The quantitative estimate of drug-likeness (QED) is 0.471. The van der Waals surface area contributed by atoms with Gasteiger partial charge in [0.2, 0.25) is 0 Å². The van der Waals surface area contributed by atoms with Crippen molar-refractivity contribution in [3.8, 4) is 0 Å². The maximum atomic E-state index is 12.5. The number of carbonyl (C=O) groups excluding carboxylic acids is 2. The van der Waals surface area contributed by atoms with Crippen molar-refractivity contribution in [1.29, 1.82) is 0 Å². The summed E-state index contributed by atoms with van der Waals surface area (Å²) in [5.74, 6) is 0.726. The van der Waals surface area contributed by atoms with Gasteiger partial charge in [-0.1, -0.05) is 25.0 Å². The van der Waals surface area contributed by atoms with Gasteiger partial charge in [-0.2, -0.15) is 0 Å². The first-order valence-corrected chi connectivity index (χ1v) is 10.4. The minimum Gasteiger partial charge on any atom is -0.380 e. The number of para-hydroxylation sites is 1. The minimum absolute atomic E-state index is 0.274. The lowest BCUT2D eigenvalue weighted by Gasteiger charge is -2.14. The Labute approximate surface area is 176 Å². The zero-order valence-corrected chi connectivity index (χ0v) is 17.2. The normalized spacial score (nSPS) is 13.6. The number of hydrogen-bond acceptors (Lipinski definition) is 5. The second kappa shape index (κ2) is 11.2. The summed E-state index contributed by atoms with van der Waals surface area (Å²) in [4.78, 5) is 33.8.